The number of nitrogens with one attached hydrogen (secondary N) is 1. The molecule has 8 heteroatoms. The Labute approximate surface area is 146 Å². The minimum absolute atomic E-state index is 0.254. The molecule has 3 heterocycles. The number of carbonyl (C=O) groups is 1. The largest absolute Gasteiger partial charge is 0.497 e. The molecule has 7 nitrogen and oxygen atoms in total. The maximum atomic E-state index is 12.2. The molecule has 0 unspecified atom stereocenters. The summed E-state index contributed by atoms with van der Waals surface area (Å²) in [6, 6.07) is 11.1. The summed E-state index contributed by atoms with van der Waals surface area (Å²) in [5.74, 6) is 0.723. The molecule has 25 heavy (non-hydrogen) atoms. The molecule has 0 saturated heterocycles. The first-order valence-electron chi connectivity index (χ1n) is 7.44. The van der Waals surface area contributed by atoms with Crippen molar-refractivity contribution in [2.45, 2.75) is 0 Å². The van der Waals surface area contributed by atoms with Gasteiger partial charge in [0.15, 0.2) is 0 Å². The van der Waals surface area contributed by atoms with Gasteiger partial charge in [-0.2, -0.15) is 4.98 Å². The monoisotopic (exact) mass is 351 g/mol. The zero-order valence-electron chi connectivity index (χ0n) is 13.2. The number of hydrogen-bond acceptors (Lipinski definition) is 6. The molecule has 3 aromatic heterocycles. The van der Waals surface area contributed by atoms with Gasteiger partial charge in [-0.05, 0) is 24.3 Å². The molecule has 1 N–H and O–H groups in total. The highest BCUT2D eigenvalue weighted by Gasteiger charge is 2.14. The number of aromatic nitrogens is 4. The van der Waals surface area contributed by atoms with Crippen LogP contribution >= 0.6 is 11.3 Å². The van der Waals surface area contributed by atoms with E-state index < -0.39 is 0 Å². The number of rotatable bonds is 4. The van der Waals surface area contributed by atoms with Gasteiger partial charge in [0.05, 0.1) is 18.4 Å². The fraction of sp³-hybridized carbons (Fsp3) is 0.0588. The Balaban J connectivity index is 1.65. The zero-order valence-corrected chi connectivity index (χ0v) is 14.0. The molecule has 0 fully saturated rings. The van der Waals surface area contributed by atoms with Gasteiger partial charge in [0.1, 0.15) is 5.75 Å². The van der Waals surface area contributed by atoms with Crippen molar-refractivity contribution in [2.75, 3.05) is 12.4 Å². The number of methoxy groups -OCH3 is 1. The van der Waals surface area contributed by atoms with Crippen LogP contribution < -0.4 is 10.1 Å². The average molecular weight is 351 g/mol. The Morgan fingerprint density at radius 1 is 1.28 bits per heavy atom. The molecule has 0 bridgehead atoms. The van der Waals surface area contributed by atoms with Crippen LogP contribution in [0.3, 0.4) is 0 Å². The van der Waals surface area contributed by atoms with Gasteiger partial charge in [0.2, 0.25) is 4.96 Å². The number of ether oxygens (including phenoxy) is 1. The quantitative estimate of drug-likeness (QED) is 0.611. The Kier molecular flexibility index (Phi) is 3.87. The third-order valence-electron chi connectivity index (χ3n) is 3.60. The molecule has 4 rings (SSSR count). The summed E-state index contributed by atoms with van der Waals surface area (Å²) in [6.07, 6.45) is 3.11. The minimum atomic E-state index is -0.297. The van der Waals surface area contributed by atoms with E-state index in [0.717, 1.165) is 17.0 Å². The highest BCUT2D eigenvalue weighted by Crippen LogP contribution is 2.28. The molecular formula is C17H13N5O2S. The first-order valence-corrected chi connectivity index (χ1v) is 8.32. The number of amides is 1. The van der Waals surface area contributed by atoms with Gasteiger partial charge in [-0.3, -0.25) is 15.1 Å². The van der Waals surface area contributed by atoms with E-state index in [1.807, 2.05) is 29.6 Å². The summed E-state index contributed by atoms with van der Waals surface area (Å²) in [5.41, 5.74) is 2.29. The standard InChI is InChI=1S/C17H13N5O2S/c1-24-13-6-2-4-11(8-13)14-10-25-17-20-16(21-22(14)17)19-15(23)12-5-3-7-18-9-12/h2-10H,1H3,(H,19,21,23). The third kappa shape index (κ3) is 2.94. The average Bonchev–Trinajstić information content (AvgIpc) is 3.22. The lowest BCUT2D eigenvalue weighted by atomic mass is 10.2. The maximum absolute atomic E-state index is 12.2. The maximum Gasteiger partial charge on any atom is 0.259 e. The Morgan fingerprint density at radius 2 is 2.20 bits per heavy atom. The predicted octanol–water partition coefficient (Wildman–Crippen LogP) is 3.11. The summed E-state index contributed by atoms with van der Waals surface area (Å²) in [5, 5.41) is 9.06. The van der Waals surface area contributed by atoms with Crippen molar-refractivity contribution in [3.8, 4) is 17.0 Å². The molecule has 0 aliphatic rings. The van der Waals surface area contributed by atoms with Crippen LogP contribution in [0.4, 0.5) is 5.95 Å². The van der Waals surface area contributed by atoms with Crippen LogP contribution in [0.2, 0.25) is 0 Å². The van der Waals surface area contributed by atoms with Crippen LogP contribution in [0.25, 0.3) is 16.2 Å². The number of pyridine rings is 1. The van der Waals surface area contributed by atoms with Gasteiger partial charge in [0, 0.05) is 23.3 Å². The van der Waals surface area contributed by atoms with Gasteiger partial charge >= 0.3 is 0 Å². The van der Waals surface area contributed by atoms with Crippen molar-refractivity contribution in [1.29, 1.82) is 0 Å². The van der Waals surface area contributed by atoms with Crippen molar-refractivity contribution < 1.29 is 9.53 Å². The molecule has 0 aliphatic carbocycles. The van der Waals surface area contributed by atoms with E-state index >= 15 is 0 Å². The second-order valence-corrected chi connectivity index (χ2v) is 6.02. The Morgan fingerprint density at radius 3 is 3.00 bits per heavy atom. The van der Waals surface area contributed by atoms with Crippen molar-refractivity contribution in [3.63, 3.8) is 0 Å². The van der Waals surface area contributed by atoms with E-state index in [9.17, 15) is 4.79 Å². The third-order valence-corrected chi connectivity index (χ3v) is 4.41. The Hall–Kier alpha value is -3.26. The van der Waals surface area contributed by atoms with Crippen molar-refractivity contribution >= 4 is 28.2 Å². The smallest absolute Gasteiger partial charge is 0.259 e. The van der Waals surface area contributed by atoms with Gasteiger partial charge in [-0.25, -0.2) is 4.52 Å². The molecule has 0 saturated carbocycles. The number of carbonyl (C=O) groups excluding carboxylic acids is 1. The van der Waals surface area contributed by atoms with Crippen molar-refractivity contribution in [1.82, 2.24) is 19.6 Å². The zero-order chi connectivity index (χ0) is 17.2. The number of thiazole rings is 1. The van der Waals surface area contributed by atoms with Crippen LogP contribution in [0.5, 0.6) is 5.75 Å². The van der Waals surface area contributed by atoms with Gasteiger partial charge < -0.3 is 4.74 Å². The molecule has 4 aromatic rings. The fourth-order valence-electron chi connectivity index (χ4n) is 2.39. The van der Waals surface area contributed by atoms with E-state index in [0.29, 0.717) is 10.5 Å². The molecule has 1 aromatic carbocycles. The van der Waals surface area contributed by atoms with E-state index in [2.05, 4.69) is 20.4 Å². The summed E-state index contributed by atoms with van der Waals surface area (Å²) in [7, 11) is 1.63. The number of benzene rings is 1. The topological polar surface area (TPSA) is 81.4 Å². The molecule has 0 spiro atoms. The van der Waals surface area contributed by atoms with Crippen molar-refractivity contribution in [2.24, 2.45) is 0 Å². The molecule has 0 atom stereocenters. The van der Waals surface area contributed by atoms with E-state index in [4.69, 9.17) is 4.74 Å². The molecule has 0 radical (unpaired) electrons. The predicted molar refractivity (Wildman–Crippen MR) is 95.0 cm³/mol. The van der Waals surface area contributed by atoms with Gasteiger partial charge in [0.25, 0.3) is 11.9 Å². The molecule has 124 valence electrons. The second kappa shape index (κ2) is 6.33. The summed E-state index contributed by atoms with van der Waals surface area (Å²) in [6.45, 7) is 0. The fourth-order valence-corrected chi connectivity index (χ4v) is 3.22. The summed E-state index contributed by atoms with van der Waals surface area (Å²) >= 11 is 1.45. The van der Waals surface area contributed by atoms with Gasteiger partial charge in [-0.1, -0.05) is 12.1 Å². The van der Waals surface area contributed by atoms with Crippen LogP contribution in [-0.4, -0.2) is 32.6 Å². The van der Waals surface area contributed by atoms with Crippen LogP contribution in [0.1, 0.15) is 10.4 Å². The normalized spacial score (nSPS) is 10.8. The van der Waals surface area contributed by atoms with E-state index in [1.165, 1.54) is 17.5 Å². The highest BCUT2D eigenvalue weighted by atomic mass is 32.1. The number of nitrogens with zero attached hydrogens (tertiary/aromatic N) is 4. The lowest BCUT2D eigenvalue weighted by molar-refractivity contribution is 0.102. The number of anilines is 1. The lowest BCUT2D eigenvalue weighted by Gasteiger charge is -2.03. The lowest BCUT2D eigenvalue weighted by Crippen LogP contribution is -2.13. The van der Waals surface area contributed by atoms with Crippen LogP contribution in [0.15, 0.2) is 54.2 Å². The molecule has 1 amide bonds. The SMILES string of the molecule is COc1cccc(-c2csc3nc(NC(=O)c4cccnc4)nn23)c1. The van der Waals surface area contributed by atoms with E-state index in [-0.39, 0.29) is 11.9 Å². The van der Waals surface area contributed by atoms with E-state index in [1.54, 1.807) is 30.0 Å². The summed E-state index contributed by atoms with van der Waals surface area (Å²) in [4.78, 5) is 21.2. The minimum Gasteiger partial charge on any atom is -0.497 e. The molecule has 0 aliphatic heterocycles. The first-order chi connectivity index (χ1) is 12.2. The van der Waals surface area contributed by atoms with Gasteiger partial charge in [-0.15, -0.1) is 16.4 Å². The highest BCUT2D eigenvalue weighted by molar-refractivity contribution is 7.15. The van der Waals surface area contributed by atoms with Crippen LogP contribution in [0, 0.1) is 0 Å². The number of hydrogen-bond donors (Lipinski definition) is 1. The summed E-state index contributed by atoms with van der Waals surface area (Å²) < 4.78 is 6.97. The van der Waals surface area contributed by atoms with Crippen molar-refractivity contribution in [3.05, 3.63) is 59.7 Å². The van der Waals surface area contributed by atoms with Crippen LogP contribution in [-0.2, 0) is 0 Å². The molecular weight excluding hydrogens is 338 g/mol. The first kappa shape index (κ1) is 15.3. The number of fused-ring (bicyclic) bond motifs is 1. The Bertz CT molecular complexity index is 1040. The second-order valence-electron chi connectivity index (χ2n) is 5.18.